The summed E-state index contributed by atoms with van der Waals surface area (Å²) in [6, 6.07) is 6.45. The number of benzene rings is 1. The van der Waals surface area contributed by atoms with E-state index in [0.29, 0.717) is 11.4 Å². The lowest BCUT2D eigenvalue weighted by atomic mass is 10.0. The zero-order valence-corrected chi connectivity index (χ0v) is 12.0. The molecule has 2 amide bonds. The van der Waals surface area contributed by atoms with Crippen LogP contribution in [0, 0.1) is 0 Å². The Morgan fingerprint density at radius 1 is 1.13 bits per heavy atom. The van der Waals surface area contributed by atoms with E-state index >= 15 is 0 Å². The number of carboxylic acid groups (broad SMARTS) is 2. The molecule has 3 rings (SSSR count). The fraction of sp³-hybridized carbons (Fsp3) is 0.286. The van der Waals surface area contributed by atoms with Crippen LogP contribution >= 0.6 is 0 Å². The molecule has 120 valence electrons. The van der Waals surface area contributed by atoms with Crippen molar-refractivity contribution in [3.63, 3.8) is 0 Å². The Hall–Kier alpha value is -3.10. The average Bonchev–Trinajstić information content (AvgIpc) is 3.08. The maximum absolute atomic E-state index is 11.4. The summed E-state index contributed by atoms with van der Waals surface area (Å²) in [5.41, 5.74) is 1.45. The molecule has 0 radical (unpaired) electrons. The van der Waals surface area contributed by atoms with E-state index in [1.165, 1.54) is 16.2 Å². The molecule has 1 aliphatic rings. The average molecular weight is 318 g/mol. The Bertz CT molecular complexity index is 700. The molecule has 1 saturated heterocycles. The van der Waals surface area contributed by atoms with Gasteiger partial charge in [-0.05, 0) is 5.56 Å². The molecule has 9 heteroatoms. The zero-order valence-electron chi connectivity index (χ0n) is 12.0. The topological polar surface area (TPSA) is 120 Å². The van der Waals surface area contributed by atoms with Gasteiger partial charge in [0, 0.05) is 25.2 Å². The van der Waals surface area contributed by atoms with Gasteiger partial charge in [-0.1, -0.05) is 29.4 Å². The summed E-state index contributed by atoms with van der Waals surface area (Å²) in [5, 5.41) is 22.2. The Balaban J connectivity index is 1.86. The van der Waals surface area contributed by atoms with Crippen LogP contribution in [-0.4, -0.2) is 62.0 Å². The smallest absolute Gasteiger partial charge is 0.407 e. The van der Waals surface area contributed by atoms with Gasteiger partial charge in [0.1, 0.15) is 0 Å². The Kier molecular flexibility index (Phi) is 3.83. The normalized spacial score (nSPS) is 18.0. The number of amides is 2. The lowest BCUT2D eigenvalue weighted by Crippen LogP contribution is -2.51. The molecule has 2 heterocycles. The van der Waals surface area contributed by atoms with E-state index < -0.39 is 18.2 Å². The van der Waals surface area contributed by atoms with Crippen LogP contribution in [0.4, 0.5) is 9.59 Å². The van der Waals surface area contributed by atoms with Crippen LogP contribution in [0.5, 0.6) is 0 Å². The van der Waals surface area contributed by atoms with Gasteiger partial charge in [-0.2, -0.15) is 4.98 Å². The first-order valence-corrected chi connectivity index (χ1v) is 6.90. The Morgan fingerprint density at radius 2 is 1.87 bits per heavy atom. The van der Waals surface area contributed by atoms with E-state index in [4.69, 9.17) is 5.11 Å². The molecule has 9 nitrogen and oxygen atoms in total. The number of nitrogens with zero attached hydrogens (tertiary/aromatic N) is 4. The van der Waals surface area contributed by atoms with Gasteiger partial charge in [-0.25, -0.2) is 9.59 Å². The summed E-state index contributed by atoms with van der Waals surface area (Å²) in [4.78, 5) is 29.0. The zero-order chi connectivity index (χ0) is 16.4. The van der Waals surface area contributed by atoms with Crippen LogP contribution in [0.2, 0.25) is 0 Å². The van der Waals surface area contributed by atoms with Gasteiger partial charge >= 0.3 is 12.2 Å². The van der Waals surface area contributed by atoms with Gasteiger partial charge < -0.3 is 19.6 Å². The van der Waals surface area contributed by atoms with Crippen molar-refractivity contribution in [2.24, 2.45) is 0 Å². The molecule has 23 heavy (non-hydrogen) atoms. The van der Waals surface area contributed by atoms with E-state index in [9.17, 15) is 14.7 Å². The number of hydrogen-bond acceptors (Lipinski definition) is 5. The Labute approximate surface area is 130 Å². The summed E-state index contributed by atoms with van der Waals surface area (Å²) in [6.07, 6.45) is -0.896. The summed E-state index contributed by atoms with van der Waals surface area (Å²) in [5.74, 6) is 0.433. The standard InChI is InChI=1S/C14H14N4O5/c19-13(20)17-5-6-18(14(21)22)11(7-17)9-1-3-10(4-2-9)12-15-8-23-16-12/h1-4,8,11H,5-7H2,(H,19,20)(H,21,22)/t11-/m1/s1. The Morgan fingerprint density at radius 3 is 2.43 bits per heavy atom. The second-order valence-corrected chi connectivity index (χ2v) is 5.10. The lowest BCUT2D eigenvalue weighted by molar-refractivity contribution is 0.0635. The van der Waals surface area contributed by atoms with E-state index in [1.54, 1.807) is 24.3 Å². The van der Waals surface area contributed by atoms with E-state index in [-0.39, 0.29) is 19.6 Å². The van der Waals surface area contributed by atoms with Crippen LogP contribution < -0.4 is 0 Å². The molecule has 0 unspecified atom stereocenters. The van der Waals surface area contributed by atoms with Gasteiger partial charge in [0.25, 0.3) is 0 Å². The summed E-state index contributed by atoms with van der Waals surface area (Å²) >= 11 is 0. The molecule has 0 saturated carbocycles. The molecule has 0 spiro atoms. The third-order valence-electron chi connectivity index (χ3n) is 3.81. The first-order chi connectivity index (χ1) is 11.1. The van der Waals surface area contributed by atoms with Crippen molar-refractivity contribution in [1.29, 1.82) is 0 Å². The van der Waals surface area contributed by atoms with Crippen molar-refractivity contribution in [2.75, 3.05) is 19.6 Å². The molecule has 1 aliphatic heterocycles. The SMILES string of the molecule is O=C(O)N1CCN(C(=O)O)[C@@H](c2ccc(-c3ncon3)cc2)C1. The fourth-order valence-corrected chi connectivity index (χ4v) is 2.62. The van der Waals surface area contributed by atoms with Crippen molar-refractivity contribution in [3.8, 4) is 11.4 Å². The molecular formula is C14H14N4O5. The third-order valence-corrected chi connectivity index (χ3v) is 3.81. The molecule has 1 aromatic heterocycles. The van der Waals surface area contributed by atoms with Crippen LogP contribution in [0.1, 0.15) is 11.6 Å². The first kappa shape index (κ1) is 14.8. The summed E-state index contributed by atoms with van der Waals surface area (Å²) in [7, 11) is 0. The van der Waals surface area contributed by atoms with E-state index in [1.807, 2.05) is 0 Å². The predicted molar refractivity (Wildman–Crippen MR) is 76.8 cm³/mol. The predicted octanol–water partition coefficient (Wildman–Crippen LogP) is 1.75. The highest BCUT2D eigenvalue weighted by Gasteiger charge is 2.33. The lowest BCUT2D eigenvalue weighted by Gasteiger charge is -2.38. The number of carbonyl (C=O) groups is 2. The molecule has 0 bridgehead atoms. The number of hydrogen-bond donors (Lipinski definition) is 2. The van der Waals surface area contributed by atoms with Crippen LogP contribution in [0.25, 0.3) is 11.4 Å². The van der Waals surface area contributed by atoms with E-state index in [2.05, 4.69) is 14.7 Å². The highest BCUT2D eigenvalue weighted by atomic mass is 16.5. The summed E-state index contributed by atoms with van der Waals surface area (Å²) in [6.45, 7) is 0.404. The quantitative estimate of drug-likeness (QED) is 0.865. The largest absolute Gasteiger partial charge is 0.465 e. The summed E-state index contributed by atoms with van der Waals surface area (Å²) < 4.78 is 4.69. The minimum absolute atomic E-state index is 0.100. The van der Waals surface area contributed by atoms with Gasteiger partial charge in [-0.15, -0.1) is 0 Å². The van der Waals surface area contributed by atoms with Crippen LogP contribution in [0.3, 0.4) is 0 Å². The minimum atomic E-state index is -1.07. The minimum Gasteiger partial charge on any atom is -0.465 e. The maximum Gasteiger partial charge on any atom is 0.407 e. The molecule has 2 N–H and O–H groups in total. The molecule has 0 aliphatic carbocycles. The number of aromatic nitrogens is 2. The molecule has 2 aromatic rings. The van der Waals surface area contributed by atoms with Crippen molar-refractivity contribution in [3.05, 3.63) is 36.2 Å². The van der Waals surface area contributed by atoms with Crippen molar-refractivity contribution >= 4 is 12.2 Å². The van der Waals surface area contributed by atoms with Gasteiger partial charge in [0.2, 0.25) is 12.2 Å². The van der Waals surface area contributed by atoms with Crippen molar-refractivity contribution in [1.82, 2.24) is 19.9 Å². The van der Waals surface area contributed by atoms with Gasteiger partial charge in [0.15, 0.2) is 0 Å². The fourth-order valence-electron chi connectivity index (χ4n) is 2.62. The number of rotatable bonds is 2. The first-order valence-electron chi connectivity index (χ1n) is 6.90. The second-order valence-electron chi connectivity index (χ2n) is 5.10. The van der Waals surface area contributed by atoms with Gasteiger partial charge in [0.05, 0.1) is 6.04 Å². The van der Waals surface area contributed by atoms with E-state index in [0.717, 1.165) is 5.56 Å². The molecule has 1 atom stereocenters. The highest BCUT2D eigenvalue weighted by Crippen LogP contribution is 2.27. The van der Waals surface area contributed by atoms with Gasteiger partial charge in [-0.3, -0.25) is 4.90 Å². The second kappa shape index (κ2) is 5.95. The molecule has 1 fully saturated rings. The third kappa shape index (κ3) is 2.93. The van der Waals surface area contributed by atoms with Crippen LogP contribution in [0.15, 0.2) is 35.2 Å². The number of piperazine rings is 1. The van der Waals surface area contributed by atoms with Crippen molar-refractivity contribution in [2.45, 2.75) is 6.04 Å². The monoisotopic (exact) mass is 318 g/mol. The maximum atomic E-state index is 11.4. The molecular weight excluding hydrogens is 304 g/mol. The highest BCUT2D eigenvalue weighted by molar-refractivity contribution is 5.69. The molecule has 1 aromatic carbocycles. The van der Waals surface area contributed by atoms with Crippen molar-refractivity contribution < 1.29 is 24.3 Å². The van der Waals surface area contributed by atoms with Crippen LogP contribution in [-0.2, 0) is 0 Å².